The van der Waals surface area contributed by atoms with Crippen LogP contribution in [-0.2, 0) is 11.2 Å². The summed E-state index contributed by atoms with van der Waals surface area (Å²) in [4.78, 5) is 10.9. The number of carbonyl (C=O) groups is 1. The van der Waals surface area contributed by atoms with Gasteiger partial charge < -0.3 is 20.3 Å². The molecule has 6 heteroatoms. The Morgan fingerprint density at radius 3 is 2.70 bits per heavy atom. The highest BCUT2D eigenvalue weighted by atomic mass is 35.5. The maximum atomic E-state index is 10.9. The Labute approximate surface area is 122 Å². The van der Waals surface area contributed by atoms with Gasteiger partial charge in [0.15, 0.2) is 11.5 Å². The van der Waals surface area contributed by atoms with Crippen LogP contribution in [-0.4, -0.2) is 30.3 Å². The Morgan fingerprint density at radius 2 is 2.10 bits per heavy atom. The number of halogens is 1. The second-order valence-electron chi connectivity index (χ2n) is 5.09. The average molecular weight is 300 g/mol. The van der Waals surface area contributed by atoms with Crippen molar-refractivity contribution in [3.8, 4) is 11.5 Å². The van der Waals surface area contributed by atoms with Crippen molar-refractivity contribution in [2.24, 2.45) is 5.73 Å². The second-order valence-corrected chi connectivity index (χ2v) is 5.47. The van der Waals surface area contributed by atoms with E-state index in [1.54, 1.807) is 6.07 Å². The molecule has 1 aliphatic heterocycles. The van der Waals surface area contributed by atoms with Gasteiger partial charge in [0.25, 0.3) is 0 Å². The summed E-state index contributed by atoms with van der Waals surface area (Å²) in [6, 6.07) is 0.824. The van der Waals surface area contributed by atoms with E-state index in [0.717, 1.165) is 11.1 Å². The molecule has 0 fully saturated rings. The van der Waals surface area contributed by atoms with E-state index < -0.39 is 12.0 Å². The van der Waals surface area contributed by atoms with Gasteiger partial charge in [-0.05, 0) is 29.5 Å². The molecule has 0 radical (unpaired) electrons. The van der Waals surface area contributed by atoms with Crippen LogP contribution in [0.4, 0.5) is 0 Å². The predicted molar refractivity (Wildman–Crippen MR) is 75.8 cm³/mol. The molecule has 0 bridgehead atoms. The van der Waals surface area contributed by atoms with E-state index in [-0.39, 0.29) is 12.3 Å². The monoisotopic (exact) mass is 299 g/mol. The zero-order chi connectivity index (χ0) is 14.9. The molecule has 3 N–H and O–H groups in total. The van der Waals surface area contributed by atoms with Gasteiger partial charge in [-0.25, -0.2) is 0 Å². The lowest BCUT2D eigenvalue weighted by molar-refractivity contribution is -0.138. The molecular formula is C14H18ClNO4. The topological polar surface area (TPSA) is 81.8 Å². The summed E-state index contributed by atoms with van der Waals surface area (Å²) < 4.78 is 11.1. The number of rotatable bonds is 4. The highest BCUT2D eigenvalue weighted by molar-refractivity contribution is 6.33. The minimum atomic E-state index is -1.04. The summed E-state index contributed by atoms with van der Waals surface area (Å²) in [7, 11) is 0. The number of hydrogen-bond donors (Lipinski definition) is 2. The van der Waals surface area contributed by atoms with Gasteiger partial charge in [0.05, 0.1) is 5.02 Å². The molecule has 1 unspecified atom stereocenters. The summed E-state index contributed by atoms with van der Waals surface area (Å²) >= 11 is 6.40. The molecule has 1 aromatic rings. The van der Waals surface area contributed by atoms with E-state index in [4.69, 9.17) is 31.9 Å². The van der Waals surface area contributed by atoms with Crippen LogP contribution in [0.3, 0.4) is 0 Å². The number of hydrogen-bond acceptors (Lipinski definition) is 4. The Hall–Kier alpha value is -1.46. The first-order chi connectivity index (χ1) is 9.41. The molecule has 1 aliphatic rings. The first-order valence-corrected chi connectivity index (χ1v) is 6.88. The third-order valence-corrected chi connectivity index (χ3v) is 3.61. The van der Waals surface area contributed by atoms with E-state index in [1.165, 1.54) is 0 Å². The molecule has 0 saturated carbocycles. The molecule has 5 nitrogen and oxygen atoms in total. The summed E-state index contributed by atoms with van der Waals surface area (Å²) in [5.41, 5.74) is 7.29. The number of nitrogens with two attached hydrogens (primary N) is 1. The number of ether oxygens (including phenoxy) is 2. The van der Waals surface area contributed by atoms with Gasteiger partial charge in [0.1, 0.15) is 19.3 Å². The fraction of sp³-hybridized carbons (Fsp3) is 0.500. The van der Waals surface area contributed by atoms with Gasteiger partial charge >= 0.3 is 5.97 Å². The van der Waals surface area contributed by atoms with Crippen molar-refractivity contribution in [1.29, 1.82) is 0 Å². The summed E-state index contributed by atoms with van der Waals surface area (Å²) in [5, 5.41) is 9.46. The maximum Gasteiger partial charge on any atom is 0.320 e. The molecule has 0 amide bonds. The van der Waals surface area contributed by atoms with Gasteiger partial charge in [0.2, 0.25) is 0 Å². The Balaban J connectivity index is 2.48. The van der Waals surface area contributed by atoms with Gasteiger partial charge in [-0.1, -0.05) is 25.4 Å². The van der Waals surface area contributed by atoms with Crippen LogP contribution in [0.5, 0.6) is 11.5 Å². The summed E-state index contributed by atoms with van der Waals surface area (Å²) in [6.07, 6.45) is 0.208. The average Bonchev–Trinajstić information content (AvgIpc) is 2.38. The van der Waals surface area contributed by atoms with Crippen LogP contribution < -0.4 is 15.2 Å². The van der Waals surface area contributed by atoms with Crippen molar-refractivity contribution < 1.29 is 19.4 Å². The Bertz CT molecular complexity index is 530. The van der Waals surface area contributed by atoms with Crippen molar-refractivity contribution >= 4 is 17.6 Å². The van der Waals surface area contributed by atoms with Crippen LogP contribution >= 0.6 is 11.6 Å². The highest BCUT2D eigenvalue weighted by Gasteiger charge is 2.25. The molecule has 20 heavy (non-hydrogen) atoms. The smallest absolute Gasteiger partial charge is 0.320 e. The van der Waals surface area contributed by atoms with Crippen LogP contribution in [0.1, 0.15) is 30.9 Å². The number of aliphatic carboxylic acids is 1. The van der Waals surface area contributed by atoms with Gasteiger partial charge in [-0.15, -0.1) is 0 Å². The van der Waals surface area contributed by atoms with Crippen LogP contribution in [0, 0.1) is 0 Å². The molecule has 1 heterocycles. The lowest BCUT2D eigenvalue weighted by atomic mass is 9.92. The van der Waals surface area contributed by atoms with E-state index in [9.17, 15) is 4.79 Å². The summed E-state index contributed by atoms with van der Waals surface area (Å²) in [5.74, 6) is 0.188. The molecule has 0 aromatic heterocycles. The van der Waals surface area contributed by atoms with Gasteiger partial charge in [-0.3, -0.25) is 4.79 Å². The van der Waals surface area contributed by atoms with Crippen LogP contribution in [0.25, 0.3) is 0 Å². The highest BCUT2D eigenvalue weighted by Crippen LogP contribution is 2.44. The van der Waals surface area contributed by atoms with E-state index in [1.807, 2.05) is 13.8 Å². The number of fused-ring (bicyclic) bond motifs is 1. The van der Waals surface area contributed by atoms with Crippen molar-refractivity contribution in [3.63, 3.8) is 0 Å². The van der Waals surface area contributed by atoms with Crippen LogP contribution in [0.15, 0.2) is 6.07 Å². The normalized spacial score (nSPS) is 15.2. The molecule has 0 aliphatic carbocycles. The first-order valence-electron chi connectivity index (χ1n) is 6.51. The molecule has 0 spiro atoms. The Morgan fingerprint density at radius 1 is 1.45 bits per heavy atom. The number of carboxylic acids is 1. The number of carboxylic acid groups (broad SMARTS) is 1. The molecular weight excluding hydrogens is 282 g/mol. The molecule has 110 valence electrons. The van der Waals surface area contributed by atoms with Crippen molar-refractivity contribution in [1.82, 2.24) is 0 Å². The van der Waals surface area contributed by atoms with Gasteiger partial charge in [-0.2, -0.15) is 0 Å². The van der Waals surface area contributed by atoms with Crippen LogP contribution in [0.2, 0.25) is 5.02 Å². The van der Waals surface area contributed by atoms with Crippen molar-refractivity contribution in [2.75, 3.05) is 13.2 Å². The SMILES string of the molecule is CC(C)c1c(CC(N)C(=O)O)cc2c(c1Cl)OCCO2. The molecule has 2 rings (SSSR count). The maximum absolute atomic E-state index is 10.9. The van der Waals surface area contributed by atoms with Crippen molar-refractivity contribution in [3.05, 3.63) is 22.2 Å². The quantitative estimate of drug-likeness (QED) is 0.890. The first kappa shape index (κ1) is 14.9. The zero-order valence-electron chi connectivity index (χ0n) is 11.5. The summed E-state index contributed by atoms with van der Waals surface area (Å²) in [6.45, 7) is 4.90. The molecule has 1 aromatic carbocycles. The van der Waals surface area contributed by atoms with Gasteiger partial charge in [0, 0.05) is 0 Å². The number of benzene rings is 1. The standard InChI is InChI=1S/C14H18ClNO4/c1-7(2)11-8(5-9(16)14(17)18)6-10-13(12(11)15)20-4-3-19-10/h6-7,9H,3-5,16H2,1-2H3,(H,17,18). The Kier molecular flexibility index (Phi) is 4.40. The third-order valence-electron chi connectivity index (χ3n) is 3.23. The minimum absolute atomic E-state index is 0.134. The predicted octanol–water partition coefficient (Wildman–Crippen LogP) is 2.19. The minimum Gasteiger partial charge on any atom is -0.486 e. The van der Waals surface area contributed by atoms with Crippen molar-refractivity contribution in [2.45, 2.75) is 32.2 Å². The fourth-order valence-corrected chi connectivity index (χ4v) is 2.81. The van der Waals surface area contributed by atoms with E-state index in [0.29, 0.717) is 29.7 Å². The largest absolute Gasteiger partial charge is 0.486 e. The van der Waals surface area contributed by atoms with E-state index >= 15 is 0 Å². The lowest BCUT2D eigenvalue weighted by Crippen LogP contribution is -2.32. The van der Waals surface area contributed by atoms with E-state index in [2.05, 4.69) is 0 Å². The molecule has 0 saturated heterocycles. The molecule has 1 atom stereocenters. The second kappa shape index (κ2) is 5.89. The lowest BCUT2D eigenvalue weighted by Gasteiger charge is -2.25. The third kappa shape index (κ3) is 2.83. The zero-order valence-corrected chi connectivity index (χ0v) is 12.2. The fourth-order valence-electron chi connectivity index (χ4n) is 2.33.